The van der Waals surface area contributed by atoms with E-state index in [0.29, 0.717) is 17.6 Å². The molecule has 0 amide bonds. The Morgan fingerprint density at radius 1 is 1.00 bits per heavy atom. The van der Waals surface area contributed by atoms with Crippen molar-refractivity contribution < 1.29 is 42.5 Å². The summed E-state index contributed by atoms with van der Waals surface area (Å²) in [5, 5.41) is 0.258. The third-order valence-corrected chi connectivity index (χ3v) is 5.53. The number of hydrogen-bond donors (Lipinski definition) is 0. The number of ether oxygens (including phenoxy) is 5. The van der Waals surface area contributed by atoms with Gasteiger partial charge in [0.05, 0.1) is 43.4 Å². The Kier molecular flexibility index (Phi) is 7.27. The number of aryl methyl sites for hydroxylation is 1. The second-order valence-electron chi connectivity index (χ2n) is 6.69. The van der Waals surface area contributed by atoms with Gasteiger partial charge in [0.15, 0.2) is 23.5 Å². The predicted molar refractivity (Wildman–Crippen MR) is 121 cm³/mol. The van der Waals surface area contributed by atoms with Crippen molar-refractivity contribution in [1.29, 1.82) is 0 Å². The molecule has 0 aliphatic carbocycles. The van der Waals surface area contributed by atoms with E-state index < -0.39 is 11.9 Å². The van der Waals surface area contributed by atoms with Crippen LogP contribution in [-0.2, 0) is 4.74 Å². The smallest absolute Gasteiger partial charge is 0.343 e. The van der Waals surface area contributed by atoms with E-state index in [9.17, 15) is 14.4 Å². The lowest BCUT2D eigenvalue weighted by molar-refractivity contribution is 0.0524. The molecule has 174 valence electrons. The maximum atomic E-state index is 13.0. The SMILES string of the molecule is CCOC(=O)c1c(C=O)oc2cc(C)c(OC(=O)c3cc(OC)c(OC)c(OC)c3)c(Br)c12. The highest BCUT2D eigenvalue weighted by atomic mass is 79.9. The zero-order valence-corrected chi connectivity index (χ0v) is 20.2. The van der Waals surface area contributed by atoms with E-state index in [-0.39, 0.29) is 56.2 Å². The van der Waals surface area contributed by atoms with E-state index in [4.69, 9.17) is 28.1 Å². The summed E-state index contributed by atoms with van der Waals surface area (Å²) in [5.74, 6) is -0.593. The molecule has 0 saturated carbocycles. The third-order valence-electron chi connectivity index (χ3n) is 4.77. The summed E-state index contributed by atoms with van der Waals surface area (Å²) in [6, 6.07) is 4.48. The molecule has 0 radical (unpaired) electrons. The molecule has 1 heterocycles. The normalized spacial score (nSPS) is 10.6. The highest BCUT2D eigenvalue weighted by molar-refractivity contribution is 9.10. The fourth-order valence-electron chi connectivity index (χ4n) is 3.30. The van der Waals surface area contributed by atoms with Crippen LogP contribution < -0.4 is 18.9 Å². The third kappa shape index (κ3) is 4.38. The Labute approximate surface area is 197 Å². The number of carbonyl (C=O) groups is 3. The van der Waals surface area contributed by atoms with Gasteiger partial charge in [-0.25, -0.2) is 9.59 Å². The minimum atomic E-state index is -0.732. The van der Waals surface area contributed by atoms with Gasteiger partial charge in [0.1, 0.15) is 16.9 Å². The Morgan fingerprint density at radius 2 is 1.64 bits per heavy atom. The van der Waals surface area contributed by atoms with Crippen LogP contribution in [0.15, 0.2) is 27.1 Å². The maximum absolute atomic E-state index is 13.0. The number of esters is 2. The summed E-state index contributed by atoms with van der Waals surface area (Å²) >= 11 is 3.40. The van der Waals surface area contributed by atoms with E-state index >= 15 is 0 Å². The van der Waals surface area contributed by atoms with Crippen molar-refractivity contribution in [2.75, 3.05) is 27.9 Å². The van der Waals surface area contributed by atoms with Crippen LogP contribution in [0.1, 0.15) is 43.8 Å². The van der Waals surface area contributed by atoms with Gasteiger partial charge >= 0.3 is 11.9 Å². The first-order valence-electron chi connectivity index (χ1n) is 9.71. The summed E-state index contributed by atoms with van der Waals surface area (Å²) in [4.78, 5) is 37.0. The van der Waals surface area contributed by atoms with E-state index in [1.54, 1.807) is 19.9 Å². The molecule has 0 unspecified atom stereocenters. The molecule has 9 nitrogen and oxygen atoms in total. The van der Waals surface area contributed by atoms with Crippen LogP contribution in [0.25, 0.3) is 11.0 Å². The minimum Gasteiger partial charge on any atom is -0.493 e. The van der Waals surface area contributed by atoms with E-state index in [2.05, 4.69) is 15.9 Å². The molecule has 0 fully saturated rings. The first-order chi connectivity index (χ1) is 15.8. The van der Waals surface area contributed by atoms with Crippen molar-refractivity contribution in [3.8, 4) is 23.0 Å². The Bertz CT molecular complexity index is 1220. The molecule has 3 aromatic rings. The van der Waals surface area contributed by atoms with Crippen LogP contribution in [0.5, 0.6) is 23.0 Å². The van der Waals surface area contributed by atoms with Crippen molar-refractivity contribution >= 4 is 45.1 Å². The quantitative estimate of drug-likeness (QED) is 0.236. The standard InChI is InChI=1S/C23H21BrO9/c1-6-31-23(27)18-16(10-25)32-13-7-11(2)20(19(24)17(13)18)33-22(26)12-8-14(28-3)21(30-5)15(9-12)29-4/h7-10H,6H2,1-5H3. The molecule has 0 spiro atoms. The van der Waals surface area contributed by atoms with Gasteiger partial charge in [0.2, 0.25) is 5.75 Å². The van der Waals surface area contributed by atoms with Gasteiger partial charge in [-0.3, -0.25) is 4.79 Å². The second kappa shape index (κ2) is 9.95. The largest absolute Gasteiger partial charge is 0.493 e. The number of aldehydes is 1. The Balaban J connectivity index is 2.11. The van der Waals surface area contributed by atoms with Crippen LogP contribution >= 0.6 is 15.9 Å². The number of halogens is 1. The van der Waals surface area contributed by atoms with Crippen LogP contribution in [0, 0.1) is 6.92 Å². The summed E-state index contributed by atoms with van der Waals surface area (Å²) in [5.41, 5.74) is 0.870. The number of rotatable bonds is 8. The molecule has 3 rings (SSSR count). The number of carbonyl (C=O) groups excluding carboxylic acids is 3. The predicted octanol–water partition coefficient (Wildman–Crippen LogP) is 4.74. The Morgan fingerprint density at radius 3 is 2.15 bits per heavy atom. The molecule has 2 aromatic carbocycles. The molecule has 0 N–H and O–H groups in total. The molecular weight excluding hydrogens is 500 g/mol. The summed E-state index contributed by atoms with van der Waals surface area (Å²) in [7, 11) is 4.32. The lowest BCUT2D eigenvalue weighted by Gasteiger charge is -2.15. The van der Waals surface area contributed by atoms with Crippen LogP contribution in [0.4, 0.5) is 0 Å². The molecule has 0 saturated heterocycles. The van der Waals surface area contributed by atoms with Crippen LogP contribution in [0.3, 0.4) is 0 Å². The zero-order valence-electron chi connectivity index (χ0n) is 18.6. The average molecular weight is 521 g/mol. The number of furan rings is 1. The van der Waals surface area contributed by atoms with E-state index in [1.165, 1.54) is 33.5 Å². The van der Waals surface area contributed by atoms with E-state index in [1.807, 2.05) is 0 Å². The summed E-state index contributed by atoms with van der Waals surface area (Å²) in [6.07, 6.45) is 0.426. The second-order valence-corrected chi connectivity index (χ2v) is 7.49. The maximum Gasteiger partial charge on any atom is 0.343 e. The van der Waals surface area contributed by atoms with Gasteiger partial charge in [-0.2, -0.15) is 0 Å². The number of fused-ring (bicyclic) bond motifs is 1. The summed E-state index contributed by atoms with van der Waals surface area (Å²) < 4.78 is 32.3. The summed E-state index contributed by atoms with van der Waals surface area (Å²) in [6.45, 7) is 3.44. The molecule has 0 aliphatic rings. The van der Waals surface area contributed by atoms with Gasteiger partial charge in [-0.05, 0) is 53.5 Å². The molecule has 10 heteroatoms. The van der Waals surface area contributed by atoms with Crippen LogP contribution in [0.2, 0.25) is 0 Å². The molecule has 0 bridgehead atoms. The number of benzene rings is 2. The molecular formula is C23H21BrO9. The van der Waals surface area contributed by atoms with Gasteiger partial charge in [-0.1, -0.05) is 0 Å². The first-order valence-corrected chi connectivity index (χ1v) is 10.5. The molecule has 0 atom stereocenters. The van der Waals surface area contributed by atoms with Gasteiger partial charge in [-0.15, -0.1) is 0 Å². The first kappa shape index (κ1) is 24.1. The van der Waals surface area contributed by atoms with Crippen LogP contribution in [-0.4, -0.2) is 46.2 Å². The lowest BCUT2D eigenvalue weighted by Crippen LogP contribution is -2.11. The van der Waals surface area contributed by atoms with Crippen molar-refractivity contribution in [2.45, 2.75) is 13.8 Å². The molecule has 0 aliphatic heterocycles. The van der Waals surface area contributed by atoms with Gasteiger partial charge in [0, 0.05) is 0 Å². The molecule has 1 aromatic heterocycles. The fourth-order valence-corrected chi connectivity index (χ4v) is 4.09. The van der Waals surface area contributed by atoms with Crippen molar-refractivity contribution in [3.05, 3.63) is 45.1 Å². The number of hydrogen-bond acceptors (Lipinski definition) is 9. The fraction of sp³-hybridized carbons (Fsp3) is 0.261. The Hall–Kier alpha value is -3.53. The topological polar surface area (TPSA) is 111 Å². The average Bonchev–Trinajstić information content (AvgIpc) is 3.19. The highest BCUT2D eigenvalue weighted by Crippen LogP contribution is 2.42. The lowest BCUT2D eigenvalue weighted by atomic mass is 10.1. The van der Waals surface area contributed by atoms with Crippen molar-refractivity contribution in [2.24, 2.45) is 0 Å². The minimum absolute atomic E-state index is 0.0567. The van der Waals surface area contributed by atoms with Crippen molar-refractivity contribution in [3.63, 3.8) is 0 Å². The van der Waals surface area contributed by atoms with Gasteiger partial charge < -0.3 is 28.1 Å². The monoisotopic (exact) mass is 520 g/mol. The van der Waals surface area contributed by atoms with Crippen molar-refractivity contribution in [1.82, 2.24) is 0 Å². The zero-order chi connectivity index (χ0) is 24.3. The van der Waals surface area contributed by atoms with Gasteiger partial charge in [0.25, 0.3) is 0 Å². The molecule has 33 heavy (non-hydrogen) atoms. The number of methoxy groups -OCH3 is 3. The van der Waals surface area contributed by atoms with E-state index in [0.717, 1.165) is 0 Å². The highest BCUT2D eigenvalue weighted by Gasteiger charge is 2.28.